The normalized spacial score (nSPS) is 11.0. The second-order valence-corrected chi connectivity index (χ2v) is 7.11. The Balaban J connectivity index is 1.37. The van der Waals surface area contributed by atoms with Crippen LogP contribution >= 0.6 is 11.6 Å². The fourth-order valence-electron chi connectivity index (χ4n) is 3.01. The number of oxazole rings is 2. The average molecular weight is 418 g/mol. The molecule has 0 spiro atoms. The van der Waals surface area contributed by atoms with Crippen LogP contribution in [0, 0.1) is 6.92 Å². The maximum Gasteiger partial charge on any atom is 0.300 e. The molecule has 148 valence electrons. The van der Waals surface area contributed by atoms with E-state index in [0.29, 0.717) is 28.4 Å². The van der Waals surface area contributed by atoms with Crippen LogP contribution in [0.2, 0.25) is 5.02 Å². The number of nitrogens with one attached hydrogen (secondary N) is 2. The van der Waals surface area contributed by atoms with Crippen LogP contribution in [0.15, 0.2) is 76.0 Å². The van der Waals surface area contributed by atoms with Crippen molar-refractivity contribution >= 4 is 46.1 Å². The minimum absolute atomic E-state index is 0.387. The molecule has 0 saturated heterocycles. The molecule has 30 heavy (non-hydrogen) atoms. The van der Waals surface area contributed by atoms with Crippen molar-refractivity contribution in [2.45, 2.75) is 6.92 Å². The Morgan fingerprint density at radius 1 is 0.900 bits per heavy atom. The highest BCUT2D eigenvalue weighted by Gasteiger charge is 2.10. The van der Waals surface area contributed by atoms with Crippen LogP contribution in [0.4, 0.5) is 23.4 Å². The molecule has 0 radical (unpaired) electrons. The minimum atomic E-state index is 0.387. The predicted molar refractivity (Wildman–Crippen MR) is 116 cm³/mol. The van der Waals surface area contributed by atoms with Gasteiger partial charge < -0.3 is 19.5 Å². The van der Waals surface area contributed by atoms with Gasteiger partial charge >= 0.3 is 0 Å². The lowest BCUT2D eigenvalue weighted by atomic mass is 10.2. The van der Waals surface area contributed by atoms with E-state index in [1.54, 1.807) is 30.7 Å². The molecule has 5 aromatic rings. The molecule has 0 aliphatic rings. The Morgan fingerprint density at radius 2 is 1.77 bits per heavy atom. The second-order valence-electron chi connectivity index (χ2n) is 6.68. The van der Waals surface area contributed by atoms with E-state index in [1.165, 1.54) is 0 Å². The Labute approximate surface area is 176 Å². The fourth-order valence-corrected chi connectivity index (χ4v) is 3.17. The van der Waals surface area contributed by atoms with Gasteiger partial charge in [-0.05, 0) is 48.9 Å². The number of pyridine rings is 1. The first kappa shape index (κ1) is 18.2. The van der Waals surface area contributed by atoms with E-state index in [4.69, 9.17) is 20.4 Å². The summed E-state index contributed by atoms with van der Waals surface area (Å²) >= 11 is 6.01. The Morgan fingerprint density at radius 3 is 2.63 bits per heavy atom. The first-order valence-electron chi connectivity index (χ1n) is 9.21. The molecule has 3 aromatic heterocycles. The van der Waals surface area contributed by atoms with Crippen molar-refractivity contribution in [2.75, 3.05) is 10.6 Å². The number of aryl methyl sites for hydroxylation is 1. The molecule has 0 aliphatic heterocycles. The second kappa shape index (κ2) is 7.53. The SMILES string of the molecule is Cc1ccc(Nc2nc3ccc(Cl)cc3o2)cc1Nc1ncc(-c2ccncc2)o1. The van der Waals surface area contributed by atoms with Crippen LogP contribution in [0.25, 0.3) is 22.4 Å². The average Bonchev–Trinajstić information content (AvgIpc) is 3.37. The van der Waals surface area contributed by atoms with Crippen LogP contribution in [0.1, 0.15) is 5.56 Å². The topological polar surface area (TPSA) is 89.0 Å². The standard InChI is InChI=1S/C22H16ClN5O2/c1-13-2-4-16(26-22-27-17-5-3-15(23)10-19(17)29-22)11-18(13)28-21-25-12-20(30-21)14-6-8-24-9-7-14/h2-12H,1H3,(H,25,28)(H,26,27). The van der Waals surface area contributed by atoms with Crippen LogP contribution in [-0.2, 0) is 0 Å². The number of hydrogen-bond donors (Lipinski definition) is 2. The van der Waals surface area contributed by atoms with E-state index in [1.807, 2.05) is 43.3 Å². The Kier molecular flexibility index (Phi) is 4.57. The van der Waals surface area contributed by atoms with E-state index in [2.05, 4.69) is 25.6 Å². The molecular weight excluding hydrogens is 402 g/mol. The lowest BCUT2D eigenvalue weighted by molar-refractivity contribution is 0.592. The van der Waals surface area contributed by atoms with Crippen molar-refractivity contribution in [3.05, 3.63) is 77.7 Å². The van der Waals surface area contributed by atoms with Gasteiger partial charge in [0, 0.05) is 40.4 Å². The number of halogens is 1. The first-order valence-corrected chi connectivity index (χ1v) is 9.59. The molecular formula is C22H16ClN5O2. The Bertz CT molecular complexity index is 1330. The number of aromatic nitrogens is 3. The molecule has 0 atom stereocenters. The summed E-state index contributed by atoms with van der Waals surface area (Å²) in [5.41, 5.74) is 4.96. The van der Waals surface area contributed by atoms with E-state index in [0.717, 1.165) is 28.0 Å². The summed E-state index contributed by atoms with van der Waals surface area (Å²) in [5, 5.41) is 7.00. The predicted octanol–water partition coefficient (Wildman–Crippen LogP) is 6.33. The van der Waals surface area contributed by atoms with Crippen molar-refractivity contribution in [1.29, 1.82) is 0 Å². The molecule has 7 nitrogen and oxygen atoms in total. The van der Waals surface area contributed by atoms with E-state index < -0.39 is 0 Å². The zero-order valence-corrected chi connectivity index (χ0v) is 16.6. The van der Waals surface area contributed by atoms with Gasteiger partial charge in [-0.25, -0.2) is 4.98 Å². The fraction of sp³-hybridized carbons (Fsp3) is 0.0455. The zero-order chi connectivity index (χ0) is 20.5. The molecule has 3 heterocycles. The molecule has 8 heteroatoms. The van der Waals surface area contributed by atoms with Gasteiger partial charge in [0.05, 0.1) is 6.20 Å². The number of hydrogen-bond acceptors (Lipinski definition) is 7. The molecule has 5 rings (SSSR count). The Hall–Kier alpha value is -3.84. The largest absolute Gasteiger partial charge is 0.423 e. The molecule has 0 saturated carbocycles. The third kappa shape index (κ3) is 3.70. The summed E-state index contributed by atoms with van der Waals surface area (Å²) in [6.07, 6.45) is 5.10. The van der Waals surface area contributed by atoms with Crippen molar-refractivity contribution < 1.29 is 8.83 Å². The van der Waals surface area contributed by atoms with Gasteiger partial charge in [-0.1, -0.05) is 17.7 Å². The summed E-state index contributed by atoms with van der Waals surface area (Å²) in [5.74, 6) is 0.664. The lowest BCUT2D eigenvalue weighted by Crippen LogP contribution is -1.96. The lowest BCUT2D eigenvalue weighted by Gasteiger charge is -2.09. The van der Waals surface area contributed by atoms with E-state index >= 15 is 0 Å². The van der Waals surface area contributed by atoms with Gasteiger partial charge in [0.1, 0.15) is 5.52 Å². The maximum absolute atomic E-state index is 6.01. The van der Waals surface area contributed by atoms with Gasteiger partial charge in [-0.15, -0.1) is 0 Å². The molecule has 2 aromatic carbocycles. The molecule has 0 bridgehead atoms. The smallest absolute Gasteiger partial charge is 0.300 e. The monoisotopic (exact) mass is 417 g/mol. The third-order valence-electron chi connectivity index (χ3n) is 4.55. The van der Waals surface area contributed by atoms with Crippen LogP contribution in [0.3, 0.4) is 0 Å². The molecule has 0 unspecified atom stereocenters. The third-order valence-corrected chi connectivity index (χ3v) is 4.79. The minimum Gasteiger partial charge on any atom is -0.423 e. The van der Waals surface area contributed by atoms with Crippen molar-refractivity contribution in [1.82, 2.24) is 15.0 Å². The number of rotatable bonds is 5. The molecule has 0 fully saturated rings. The van der Waals surface area contributed by atoms with Gasteiger partial charge in [-0.3, -0.25) is 4.98 Å². The summed E-state index contributed by atoms with van der Waals surface area (Å²) in [4.78, 5) is 12.8. The van der Waals surface area contributed by atoms with E-state index in [9.17, 15) is 0 Å². The van der Waals surface area contributed by atoms with Gasteiger partial charge in [0.2, 0.25) is 0 Å². The van der Waals surface area contributed by atoms with Crippen LogP contribution in [0.5, 0.6) is 0 Å². The number of benzene rings is 2. The summed E-state index contributed by atoms with van der Waals surface area (Å²) in [6.45, 7) is 2.00. The van der Waals surface area contributed by atoms with Crippen LogP contribution < -0.4 is 10.6 Å². The summed E-state index contributed by atoms with van der Waals surface area (Å²) < 4.78 is 11.6. The maximum atomic E-state index is 6.01. The summed E-state index contributed by atoms with van der Waals surface area (Å²) in [7, 11) is 0. The number of nitrogens with zero attached hydrogens (tertiary/aromatic N) is 3. The van der Waals surface area contributed by atoms with Gasteiger partial charge in [0.25, 0.3) is 12.0 Å². The number of fused-ring (bicyclic) bond motifs is 1. The first-order chi connectivity index (χ1) is 14.6. The highest BCUT2D eigenvalue weighted by atomic mass is 35.5. The van der Waals surface area contributed by atoms with Gasteiger partial charge in [-0.2, -0.15) is 4.98 Å². The quantitative estimate of drug-likeness (QED) is 0.345. The van der Waals surface area contributed by atoms with Crippen molar-refractivity contribution in [2.24, 2.45) is 0 Å². The highest BCUT2D eigenvalue weighted by Crippen LogP contribution is 2.29. The highest BCUT2D eigenvalue weighted by molar-refractivity contribution is 6.31. The molecule has 0 aliphatic carbocycles. The van der Waals surface area contributed by atoms with Gasteiger partial charge in [0.15, 0.2) is 11.3 Å². The van der Waals surface area contributed by atoms with Crippen LogP contribution in [-0.4, -0.2) is 15.0 Å². The van der Waals surface area contributed by atoms with Crippen molar-refractivity contribution in [3.63, 3.8) is 0 Å². The molecule has 0 amide bonds. The molecule has 2 N–H and O–H groups in total. The zero-order valence-electron chi connectivity index (χ0n) is 15.9. The van der Waals surface area contributed by atoms with Crippen molar-refractivity contribution in [3.8, 4) is 11.3 Å². The number of anilines is 4. The summed E-state index contributed by atoms with van der Waals surface area (Å²) in [6, 6.07) is 15.7. The van der Waals surface area contributed by atoms with E-state index in [-0.39, 0.29) is 0 Å².